The van der Waals surface area contributed by atoms with Crippen molar-refractivity contribution in [2.24, 2.45) is 5.73 Å². The Bertz CT molecular complexity index is 295. The number of hydrogen-bond donors (Lipinski definition) is 1. The topological polar surface area (TPSA) is 29.3 Å². The molecule has 0 saturated carbocycles. The summed E-state index contributed by atoms with van der Waals surface area (Å²) >= 11 is 0. The van der Waals surface area contributed by atoms with Gasteiger partial charge in [-0.15, -0.1) is 0 Å². The van der Waals surface area contributed by atoms with Gasteiger partial charge in [-0.05, 0) is 37.4 Å². The minimum Gasteiger partial charge on any atom is -0.328 e. The number of hydrogen-bond acceptors (Lipinski definition) is 2. The molecule has 1 aromatic rings. The third-order valence-electron chi connectivity index (χ3n) is 3.04. The zero-order valence-corrected chi connectivity index (χ0v) is 9.45. The minimum absolute atomic E-state index is 0.343. The van der Waals surface area contributed by atoms with E-state index in [0.717, 1.165) is 19.5 Å². The molecule has 2 nitrogen and oxygen atoms in total. The third kappa shape index (κ3) is 2.80. The van der Waals surface area contributed by atoms with Gasteiger partial charge in [-0.2, -0.15) is 0 Å². The predicted octanol–water partition coefficient (Wildman–Crippen LogP) is 2.13. The Balaban J connectivity index is 1.80. The molecule has 2 rings (SSSR count). The summed E-state index contributed by atoms with van der Waals surface area (Å²) < 4.78 is 0. The molecule has 0 spiro atoms. The van der Waals surface area contributed by atoms with Crippen molar-refractivity contribution in [2.45, 2.75) is 38.9 Å². The number of nitrogens with two attached hydrogens (primary N) is 1. The summed E-state index contributed by atoms with van der Waals surface area (Å²) in [7, 11) is 0. The molecule has 1 heterocycles. The average molecular weight is 204 g/mol. The number of rotatable bonds is 4. The molecule has 0 fully saturated rings. The first-order chi connectivity index (χ1) is 7.25. The zero-order chi connectivity index (χ0) is 10.7. The van der Waals surface area contributed by atoms with Gasteiger partial charge in [0.1, 0.15) is 0 Å². The van der Waals surface area contributed by atoms with Crippen LogP contribution in [0.4, 0.5) is 0 Å². The molecule has 1 atom stereocenters. The van der Waals surface area contributed by atoms with Crippen molar-refractivity contribution in [1.29, 1.82) is 0 Å². The van der Waals surface area contributed by atoms with E-state index in [1.54, 1.807) is 0 Å². The molecule has 0 radical (unpaired) electrons. The first-order valence-electron chi connectivity index (χ1n) is 5.80. The maximum Gasteiger partial charge on any atom is 0.0240 e. The van der Waals surface area contributed by atoms with Crippen LogP contribution in [0.15, 0.2) is 24.3 Å². The first kappa shape index (κ1) is 10.7. The van der Waals surface area contributed by atoms with Crippen LogP contribution in [0.1, 0.15) is 30.9 Å². The second kappa shape index (κ2) is 4.77. The molecular formula is C13H20N2. The molecule has 0 amide bonds. The summed E-state index contributed by atoms with van der Waals surface area (Å²) in [5.41, 5.74) is 8.74. The average Bonchev–Trinajstić information content (AvgIpc) is 2.59. The molecule has 82 valence electrons. The highest BCUT2D eigenvalue weighted by atomic mass is 15.1. The molecule has 0 aromatic heterocycles. The predicted molar refractivity (Wildman–Crippen MR) is 63.4 cm³/mol. The van der Waals surface area contributed by atoms with E-state index in [1.165, 1.54) is 24.1 Å². The second-order valence-corrected chi connectivity index (χ2v) is 4.60. The quantitative estimate of drug-likeness (QED) is 0.814. The molecular weight excluding hydrogens is 184 g/mol. The molecule has 0 saturated heterocycles. The van der Waals surface area contributed by atoms with Gasteiger partial charge in [0.15, 0.2) is 0 Å². The van der Waals surface area contributed by atoms with Gasteiger partial charge in [-0.3, -0.25) is 4.90 Å². The van der Waals surface area contributed by atoms with Gasteiger partial charge in [-0.1, -0.05) is 24.3 Å². The summed E-state index contributed by atoms with van der Waals surface area (Å²) in [6.45, 7) is 5.50. The van der Waals surface area contributed by atoms with E-state index in [9.17, 15) is 0 Å². The molecule has 1 aromatic carbocycles. The van der Waals surface area contributed by atoms with Crippen LogP contribution >= 0.6 is 0 Å². The minimum atomic E-state index is 0.343. The highest BCUT2D eigenvalue weighted by molar-refractivity contribution is 5.30. The van der Waals surface area contributed by atoms with Gasteiger partial charge >= 0.3 is 0 Å². The molecule has 2 heteroatoms. The fourth-order valence-electron chi connectivity index (χ4n) is 2.20. The maximum absolute atomic E-state index is 5.74. The Labute approximate surface area is 92.1 Å². The molecule has 0 bridgehead atoms. The molecule has 1 aliphatic rings. The third-order valence-corrected chi connectivity index (χ3v) is 3.04. The second-order valence-electron chi connectivity index (χ2n) is 4.60. The van der Waals surface area contributed by atoms with Crippen LogP contribution < -0.4 is 5.73 Å². The Morgan fingerprint density at radius 1 is 1.27 bits per heavy atom. The van der Waals surface area contributed by atoms with Gasteiger partial charge in [0.2, 0.25) is 0 Å². The van der Waals surface area contributed by atoms with E-state index in [-0.39, 0.29) is 0 Å². The van der Waals surface area contributed by atoms with Crippen LogP contribution in [-0.2, 0) is 13.1 Å². The Morgan fingerprint density at radius 3 is 2.40 bits per heavy atom. The summed E-state index contributed by atoms with van der Waals surface area (Å²) in [6, 6.07) is 9.08. The van der Waals surface area contributed by atoms with Gasteiger partial charge in [0.25, 0.3) is 0 Å². The fourth-order valence-corrected chi connectivity index (χ4v) is 2.20. The van der Waals surface area contributed by atoms with Gasteiger partial charge in [-0.25, -0.2) is 0 Å². The van der Waals surface area contributed by atoms with Crippen LogP contribution in [-0.4, -0.2) is 17.5 Å². The van der Waals surface area contributed by atoms with Crippen LogP contribution in [0.25, 0.3) is 0 Å². The summed E-state index contributed by atoms with van der Waals surface area (Å²) in [4.78, 5) is 2.51. The van der Waals surface area contributed by atoms with E-state index in [4.69, 9.17) is 5.73 Å². The largest absolute Gasteiger partial charge is 0.328 e. The summed E-state index contributed by atoms with van der Waals surface area (Å²) in [5, 5.41) is 0. The number of fused-ring (bicyclic) bond motifs is 1. The Hall–Kier alpha value is -0.860. The van der Waals surface area contributed by atoms with Gasteiger partial charge < -0.3 is 5.73 Å². The van der Waals surface area contributed by atoms with Crippen molar-refractivity contribution in [3.05, 3.63) is 35.4 Å². The van der Waals surface area contributed by atoms with Crippen molar-refractivity contribution in [3.63, 3.8) is 0 Å². The smallest absolute Gasteiger partial charge is 0.0240 e. The molecule has 1 aliphatic heterocycles. The number of benzene rings is 1. The van der Waals surface area contributed by atoms with Gasteiger partial charge in [0, 0.05) is 19.1 Å². The molecule has 15 heavy (non-hydrogen) atoms. The molecule has 1 unspecified atom stereocenters. The van der Waals surface area contributed by atoms with E-state index in [2.05, 4.69) is 36.1 Å². The molecule has 2 N–H and O–H groups in total. The van der Waals surface area contributed by atoms with Gasteiger partial charge in [0.05, 0.1) is 0 Å². The molecule has 0 aliphatic carbocycles. The highest BCUT2D eigenvalue weighted by Crippen LogP contribution is 2.22. The normalized spacial score (nSPS) is 17.7. The standard InChI is InChI=1S/C13H20N2/c1-11(14)5-4-8-15-9-12-6-2-3-7-13(12)10-15/h2-3,6-7,11H,4-5,8-10,14H2,1H3. The lowest BCUT2D eigenvalue weighted by molar-refractivity contribution is 0.275. The van der Waals surface area contributed by atoms with Crippen molar-refractivity contribution in [3.8, 4) is 0 Å². The highest BCUT2D eigenvalue weighted by Gasteiger charge is 2.17. The van der Waals surface area contributed by atoms with E-state index < -0.39 is 0 Å². The maximum atomic E-state index is 5.74. The fraction of sp³-hybridized carbons (Fsp3) is 0.538. The zero-order valence-electron chi connectivity index (χ0n) is 9.45. The Morgan fingerprint density at radius 2 is 1.87 bits per heavy atom. The van der Waals surface area contributed by atoms with Crippen molar-refractivity contribution >= 4 is 0 Å². The lowest BCUT2D eigenvalue weighted by Crippen LogP contribution is -2.21. The van der Waals surface area contributed by atoms with Crippen molar-refractivity contribution in [1.82, 2.24) is 4.90 Å². The van der Waals surface area contributed by atoms with E-state index in [0.29, 0.717) is 6.04 Å². The summed E-state index contributed by atoms with van der Waals surface area (Å²) in [6.07, 6.45) is 2.35. The van der Waals surface area contributed by atoms with Crippen molar-refractivity contribution in [2.75, 3.05) is 6.54 Å². The van der Waals surface area contributed by atoms with Crippen LogP contribution in [0, 0.1) is 0 Å². The Kier molecular flexibility index (Phi) is 3.39. The SMILES string of the molecule is CC(N)CCCN1Cc2ccccc2C1. The van der Waals surface area contributed by atoms with Crippen LogP contribution in [0.5, 0.6) is 0 Å². The lowest BCUT2D eigenvalue weighted by atomic mass is 10.1. The monoisotopic (exact) mass is 204 g/mol. The first-order valence-corrected chi connectivity index (χ1v) is 5.80. The van der Waals surface area contributed by atoms with Crippen LogP contribution in [0.2, 0.25) is 0 Å². The lowest BCUT2D eigenvalue weighted by Gasteiger charge is -2.15. The van der Waals surface area contributed by atoms with E-state index in [1.807, 2.05) is 0 Å². The summed E-state index contributed by atoms with van der Waals surface area (Å²) in [5.74, 6) is 0. The van der Waals surface area contributed by atoms with E-state index >= 15 is 0 Å². The van der Waals surface area contributed by atoms with Crippen molar-refractivity contribution < 1.29 is 0 Å². The van der Waals surface area contributed by atoms with Crippen LogP contribution in [0.3, 0.4) is 0 Å². The number of nitrogens with zero attached hydrogens (tertiary/aromatic N) is 1.